The van der Waals surface area contributed by atoms with Crippen molar-refractivity contribution in [1.29, 1.82) is 0 Å². The van der Waals surface area contributed by atoms with Crippen LogP contribution in [0.1, 0.15) is 50.8 Å². The van der Waals surface area contributed by atoms with Gasteiger partial charge in [0.2, 0.25) is 0 Å². The molecule has 0 bridgehead atoms. The van der Waals surface area contributed by atoms with Gasteiger partial charge in [-0.25, -0.2) is 9.82 Å². The van der Waals surface area contributed by atoms with Gasteiger partial charge in [-0.15, -0.1) is 0 Å². The van der Waals surface area contributed by atoms with Crippen LogP contribution < -0.4 is 11.3 Å². The first kappa shape index (κ1) is 13.6. The summed E-state index contributed by atoms with van der Waals surface area (Å²) < 4.78 is 19.5. The molecule has 3 nitrogen and oxygen atoms in total. The number of furan rings is 1. The van der Waals surface area contributed by atoms with Gasteiger partial charge in [-0.2, -0.15) is 0 Å². The zero-order valence-corrected chi connectivity index (χ0v) is 11.8. The minimum absolute atomic E-state index is 0.0668. The fourth-order valence-electron chi connectivity index (χ4n) is 3.46. The second-order valence-corrected chi connectivity index (χ2v) is 6.12. The SMILES string of the molecule is CC1(C(NN)c2cc3cccc(F)c3o2)CCCCC1. The number of fused-ring (bicyclic) bond motifs is 1. The maximum Gasteiger partial charge on any atom is 0.169 e. The van der Waals surface area contributed by atoms with Gasteiger partial charge in [0.25, 0.3) is 0 Å². The van der Waals surface area contributed by atoms with E-state index in [1.54, 1.807) is 6.07 Å². The van der Waals surface area contributed by atoms with Gasteiger partial charge in [0.1, 0.15) is 5.76 Å². The van der Waals surface area contributed by atoms with E-state index in [-0.39, 0.29) is 17.3 Å². The minimum Gasteiger partial charge on any atom is -0.456 e. The third-order valence-electron chi connectivity index (χ3n) is 4.66. The number of hydrogen-bond donors (Lipinski definition) is 2. The third-order valence-corrected chi connectivity index (χ3v) is 4.66. The average molecular weight is 276 g/mol. The summed E-state index contributed by atoms with van der Waals surface area (Å²) in [6.07, 6.45) is 5.93. The first-order valence-corrected chi connectivity index (χ1v) is 7.28. The Hall–Kier alpha value is -1.39. The first-order chi connectivity index (χ1) is 9.64. The van der Waals surface area contributed by atoms with Gasteiger partial charge < -0.3 is 4.42 Å². The molecule has 0 amide bonds. The molecule has 1 heterocycles. The summed E-state index contributed by atoms with van der Waals surface area (Å²) in [7, 11) is 0. The number of nitrogens with one attached hydrogen (secondary N) is 1. The Kier molecular flexibility index (Phi) is 3.52. The van der Waals surface area contributed by atoms with E-state index in [1.807, 2.05) is 12.1 Å². The Morgan fingerprint density at radius 2 is 2.05 bits per heavy atom. The molecule has 0 radical (unpaired) electrons. The molecule has 20 heavy (non-hydrogen) atoms. The molecular formula is C16H21FN2O. The maximum atomic E-state index is 13.8. The van der Waals surface area contributed by atoms with Crippen molar-refractivity contribution in [2.75, 3.05) is 0 Å². The molecule has 3 rings (SSSR count). The number of benzene rings is 1. The minimum atomic E-state index is -0.321. The molecule has 0 saturated heterocycles. The molecule has 1 atom stereocenters. The molecule has 0 aliphatic heterocycles. The number of para-hydroxylation sites is 1. The van der Waals surface area contributed by atoms with Crippen LogP contribution in [0.15, 0.2) is 28.7 Å². The third kappa shape index (κ3) is 2.23. The fourth-order valence-corrected chi connectivity index (χ4v) is 3.46. The molecule has 1 fully saturated rings. The number of nitrogens with two attached hydrogens (primary N) is 1. The van der Waals surface area contributed by atoms with Crippen LogP contribution in [0.2, 0.25) is 0 Å². The van der Waals surface area contributed by atoms with Crippen molar-refractivity contribution in [1.82, 2.24) is 5.43 Å². The summed E-state index contributed by atoms with van der Waals surface area (Å²) in [5.74, 6) is 6.19. The summed E-state index contributed by atoms with van der Waals surface area (Å²) in [4.78, 5) is 0. The summed E-state index contributed by atoms with van der Waals surface area (Å²) in [6.45, 7) is 2.24. The average Bonchev–Trinajstić information content (AvgIpc) is 2.85. The molecule has 1 saturated carbocycles. The summed E-state index contributed by atoms with van der Waals surface area (Å²) in [6, 6.07) is 6.81. The maximum absolute atomic E-state index is 13.8. The van der Waals surface area contributed by atoms with Gasteiger partial charge in [0.15, 0.2) is 11.4 Å². The Bertz CT molecular complexity index is 602. The zero-order valence-electron chi connectivity index (χ0n) is 11.8. The Morgan fingerprint density at radius 1 is 1.30 bits per heavy atom. The summed E-state index contributed by atoms with van der Waals surface area (Å²) >= 11 is 0. The monoisotopic (exact) mass is 276 g/mol. The van der Waals surface area contributed by atoms with E-state index in [0.717, 1.165) is 24.0 Å². The topological polar surface area (TPSA) is 51.2 Å². The van der Waals surface area contributed by atoms with Crippen LogP contribution in [0.25, 0.3) is 11.0 Å². The highest BCUT2D eigenvalue weighted by Gasteiger charge is 2.37. The van der Waals surface area contributed by atoms with Crippen molar-refractivity contribution >= 4 is 11.0 Å². The van der Waals surface area contributed by atoms with Gasteiger partial charge in [-0.3, -0.25) is 5.84 Å². The van der Waals surface area contributed by atoms with Crippen LogP contribution in [0.3, 0.4) is 0 Å². The zero-order chi connectivity index (χ0) is 14.2. The number of rotatable bonds is 3. The Balaban J connectivity index is 2.00. The normalized spacial score (nSPS) is 20.1. The molecule has 1 aliphatic carbocycles. The van der Waals surface area contributed by atoms with E-state index in [1.165, 1.54) is 25.3 Å². The predicted octanol–water partition coefficient (Wildman–Crippen LogP) is 4.05. The van der Waals surface area contributed by atoms with Gasteiger partial charge in [0, 0.05) is 5.39 Å². The largest absolute Gasteiger partial charge is 0.456 e. The van der Waals surface area contributed by atoms with Gasteiger partial charge in [-0.05, 0) is 30.4 Å². The van der Waals surface area contributed by atoms with Crippen molar-refractivity contribution in [3.8, 4) is 0 Å². The van der Waals surface area contributed by atoms with Gasteiger partial charge in [-0.1, -0.05) is 38.3 Å². The highest BCUT2D eigenvalue weighted by molar-refractivity contribution is 5.78. The smallest absolute Gasteiger partial charge is 0.169 e. The van der Waals surface area contributed by atoms with Crippen molar-refractivity contribution in [3.05, 3.63) is 35.8 Å². The second kappa shape index (κ2) is 5.19. The molecule has 2 aromatic rings. The van der Waals surface area contributed by atoms with Crippen LogP contribution in [0, 0.1) is 11.2 Å². The second-order valence-electron chi connectivity index (χ2n) is 6.12. The van der Waals surface area contributed by atoms with E-state index in [2.05, 4.69) is 12.3 Å². The van der Waals surface area contributed by atoms with Crippen LogP contribution in [-0.4, -0.2) is 0 Å². The quantitative estimate of drug-likeness (QED) is 0.657. The number of halogens is 1. The van der Waals surface area contributed by atoms with Crippen molar-refractivity contribution < 1.29 is 8.81 Å². The van der Waals surface area contributed by atoms with E-state index in [4.69, 9.17) is 10.3 Å². The predicted molar refractivity (Wildman–Crippen MR) is 77.4 cm³/mol. The van der Waals surface area contributed by atoms with E-state index in [9.17, 15) is 4.39 Å². The van der Waals surface area contributed by atoms with Crippen LogP contribution in [0.4, 0.5) is 4.39 Å². The van der Waals surface area contributed by atoms with E-state index in [0.29, 0.717) is 5.58 Å². The van der Waals surface area contributed by atoms with Crippen LogP contribution in [0.5, 0.6) is 0 Å². The molecule has 1 aliphatic rings. The fraction of sp³-hybridized carbons (Fsp3) is 0.500. The number of hydrogen-bond acceptors (Lipinski definition) is 3. The summed E-state index contributed by atoms with van der Waals surface area (Å²) in [5.41, 5.74) is 3.28. The van der Waals surface area contributed by atoms with Crippen molar-refractivity contribution in [3.63, 3.8) is 0 Å². The van der Waals surface area contributed by atoms with E-state index < -0.39 is 0 Å². The lowest BCUT2D eigenvalue weighted by atomic mass is 9.70. The molecule has 4 heteroatoms. The highest BCUT2D eigenvalue weighted by atomic mass is 19.1. The standard InChI is InChI=1S/C16H21FN2O/c1-16(8-3-2-4-9-16)15(19-18)13-10-11-6-5-7-12(17)14(11)20-13/h5-7,10,15,19H,2-4,8-9,18H2,1H3. The highest BCUT2D eigenvalue weighted by Crippen LogP contribution is 2.46. The molecule has 3 N–H and O–H groups in total. The molecule has 0 spiro atoms. The lowest BCUT2D eigenvalue weighted by molar-refractivity contribution is 0.130. The molecule has 1 aromatic heterocycles. The first-order valence-electron chi connectivity index (χ1n) is 7.28. The number of hydrazine groups is 1. The van der Waals surface area contributed by atoms with Gasteiger partial charge in [0.05, 0.1) is 6.04 Å². The molecule has 108 valence electrons. The van der Waals surface area contributed by atoms with Crippen LogP contribution >= 0.6 is 0 Å². The van der Waals surface area contributed by atoms with Crippen molar-refractivity contribution in [2.45, 2.75) is 45.1 Å². The molecular weight excluding hydrogens is 255 g/mol. The van der Waals surface area contributed by atoms with E-state index >= 15 is 0 Å². The lowest BCUT2D eigenvalue weighted by Crippen LogP contribution is -2.40. The van der Waals surface area contributed by atoms with Crippen molar-refractivity contribution in [2.24, 2.45) is 11.3 Å². The molecule has 1 unspecified atom stereocenters. The lowest BCUT2D eigenvalue weighted by Gasteiger charge is -2.39. The Labute approximate surface area is 118 Å². The van der Waals surface area contributed by atoms with Gasteiger partial charge >= 0.3 is 0 Å². The molecule has 1 aromatic carbocycles. The Morgan fingerprint density at radius 3 is 2.70 bits per heavy atom. The van der Waals surface area contributed by atoms with Crippen LogP contribution in [-0.2, 0) is 0 Å². The summed E-state index contributed by atoms with van der Waals surface area (Å²) in [5, 5.41) is 0.791.